The summed E-state index contributed by atoms with van der Waals surface area (Å²) in [6.45, 7) is 0.940. The van der Waals surface area contributed by atoms with Crippen LogP contribution in [0.3, 0.4) is 0 Å². The number of ether oxygens (including phenoxy) is 2. The maximum Gasteiger partial charge on any atom is 0.166 e. The molecule has 2 aromatic carbocycles. The van der Waals surface area contributed by atoms with Gasteiger partial charge in [0.2, 0.25) is 0 Å². The van der Waals surface area contributed by atoms with Crippen molar-refractivity contribution in [1.82, 2.24) is 0 Å². The molecule has 0 aliphatic carbocycles. The number of para-hydroxylation sites is 1. The smallest absolute Gasteiger partial charge is 0.166 e. The first-order valence-corrected chi connectivity index (χ1v) is 6.74. The van der Waals surface area contributed by atoms with Gasteiger partial charge < -0.3 is 15.2 Å². The van der Waals surface area contributed by atoms with E-state index in [1.54, 1.807) is 6.07 Å². The lowest BCUT2D eigenvalue weighted by molar-refractivity contribution is 0.169. The molecule has 0 spiro atoms. The van der Waals surface area contributed by atoms with Crippen molar-refractivity contribution in [2.75, 3.05) is 13.2 Å². The van der Waals surface area contributed by atoms with Crippen LogP contribution in [0.4, 0.5) is 8.78 Å². The van der Waals surface area contributed by atoms with Crippen LogP contribution in [-0.2, 0) is 6.42 Å². The number of hydrogen-bond donors (Lipinski definition) is 1. The lowest BCUT2D eigenvalue weighted by atomic mass is 9.98. The first-order chi connectivity index (χ1) is 10.2. The molecule has 1 atom stereocenters. The van der Waals surface area contributed by atoms with Crippen LogP contribution in [0.15, 0.2) is 36.4 Å². The van der Waals surface area contributed by atoms with Crippen molar-refractivity contribution >= 4 is 0 Å². The van der Waals surface area contributed by atoms with Crippen molar-refractivity contribution in [2.45, 2.75) is 12.5 Å². The Morgan fingerprint density at radius 1 is 1.05 bits per heavy atom. The van der Waals surface area contributed by atoms with Gasteiger partial charge in [0.15, 0.2) is 23.1 Å². The van der Waals surface area contributed by atoms with Crippen LogP contribution >= 0.6 is 0 Å². The van der Waals surface area contributed by atoms with Crippen LogP contribution in [0.1, 0.15) is 17.2 Å². The van der Waals surface area contributed by atoms with E-state index >= 15 is 0 Å². The summed E-state index contributed by atoms with van der Waals surface area (Å²) in [6, 6.07) is 9.02. The first kappa shape index (κ1) is 13.8. The van der Waals surface area contributed by atoms with Crippen molar-refractivity contribution in [3.05, 3.63) is 59.2 Å². The molecule has 0 radical (unpaired) electrons. The second kappa shape index (κ2) is 5.69. The van der Waals surface area contributed by atoms with Gasteiger partial charge in [0.25, 0.3) is 0 Å². The molecular weight excluding hydrogens is 276 g/mol. The maximum atomic E-state index is 13.7. The van der Waals surface area contributed by atoms with Gasteiger partial charge in [-0.05, 0) is 24.1 Å². The summed E-state index contributed by atoms with van der Waals surface area (Å²) in [5.41, 5.74) is 7.12. The number of hydrogen-bond acceptors (Lipinski definition) is 3. The molecule has 1 aliphatic heterocycles. The van der Waals surface area contributed by atoms with Gasteiger partial charge in [-0.3, -0.25) is 0 Å². The largest absolute Gasteiger partial charge is 0.486 e. The van der Waals surface area contributed by atoms with Crippen molar-refractivity contribution in [3.63, 3.8) is 0 Å². The molecule has 21 heavy (non-hydrogen) atoms. The van der Waals surface area contributed by atoms with Gasteiger partial charge >= 0.3 is 0 Å². The topological polar surface area (TPSA) is 44.5 Å². The molecule has 0 aromatic heterocycles. The van der Waals surface area contributed by atoms with Crippen LogP contribution < -0.4 is 15.2 Å². The summed E-state index contributed by atoms with van der Waals surface area (Å²) in [5, 5.41) is 0. The van der Waals surface area contributed by atoms with E-state index in [2.05, 4.69) is 0 Å². The normalized spacial score (nSPS) is 14.8. The molecular formula is C16H15F2NO2. The minimum atomic E-state index is -0.866. The molecule has 0 amide bonds. The van der Waals surface area contributed by atoms with Crippen LogP contribution in [0.5, 0.6) is 11.5 Å². The highest BCUT2D eigenvalue weighted by Crippen LogP contribution is 2.37. The Morgan fingerprint density at radius 2 is 1.81 bits per heavy atom. The predicted molar refractivity (Wildman–Crippen MR) is 74.4 cm³/mol. The third-order valence-corrected chi connectivity index (χ3v) is 3.47. The molecule has 3 nitrogen and oxygen atoms in total. The van der Waals surface area contributed by atoms with E-state index in [1.807, 2.05) is 12.1 Å². The highest BCUT2D eigenvalue weighted by Gasteiger charge is 2.21. The highest BCUT2D eigenvalue weighted by molar-refractivity contribution is 5.49. The van der Waals surface area contributed by atoms with Crippen molar-refractivity contribution < 1.29 is 18.3 Å². The average molecular weight is 291 g/mol. The van der Waals surface area contributed by atoms with Crippen LogP contribution in [0.2, 0.25) is 0 Å². The van der Waals surface area contributed by atoms with Gasteiger partial charge in [0.05, 0.1) is 0 Å². The van der Waals surface area contributed by atoms with Crippen LogP contribution in [-0.4, -0.2) is 13.2 Å². The Labute approximate surface area is 121 Å². The molecule has 2 aromatic rings. The Balaban J connectivity index is 1.89. The summed E-state index contributed by atoms with van der Waals surface area (Å²) in [6.07, 6.45) is 0.184. The van der Waals surface area contributed by atoms with E-state index in [-0.39, 0.29) is 12.0 Å². The van der Waals surface area contributed by atoms with Gasteiger partial charge in [-0.2, -0.15) is 0 Å². The van der Waals surface area contributed by atoms with E-state index in [1.165, 1.54) is 12.1 Å². The fourth-order valence-electron chi connectivity index (χ4n) is 2.44. The fraction of sp³-hybridized carbons (Fsp3) is 0.250. The Hall–Kier alpha value is -2.14. The standard InChI is InChI=1S/C16H15F2NO2/c17-12-5-1-3-10(15(12)18)9-13(19)11-4-2-6-14-16(11)21-8-7-20-14/h1-6,13H,7-9,19H2. The average Bonchev–Trinajstić information content (AvgIpc) is 2.51. The van der Waals surface area contributed by atoms with E-state index in [4.69, 9.17) is 15.2 Å². The summed E-state index contributed by atoms with van der Waals surface area (Å²) in [4.78, 5) is 0. The number of rotatable bonds is 3. The quantitative estimate of drug-likeness (QED) is 0.945. The molecule has 3 rings (SSSR count). The van der Waals surface area contributed by atoms with Crippen molar-refractivity contribution in [1.29, 1.82) is 0 Å². The highest BCUT2D eigenvalue weighted by atomic mass is 19.2. The summed E-state index contributed by atoms with van der Waals surface area (Å²) < 4.78 is 38.1. The predicted octanol–water partition coefficient (Wildman–Crippen LogP) is 2.98. The molecule has 0 saturated heterocycles. The number of fused-ring (bicyclic) bond motifs is 1. The van der Waals surface area contributed by atoms with E-state index < -0.39 is 17.7 Å². The van der Waals surface area contributed by atoms with Gasteiger partial charge in [0.1, 0.15) is 13.2 Å². The lowest BCUT2D eigenvalue weighted by Gasteiger charge is -2.23. The van der Waals surface area contributed by atoms with Gasteiger partial charge in [-0.15, -0.1) is 0 Å². The van der Waals surface area contributed by atoms with Crippen LogP contribution in [0, 0.1) is 11.6 Å². The zero-order valence-electron chi connectivity index (χ0n) is 11.3. The number of nitrogens with two attached hydrogens (primary N) is 1. The molecule has 0 bridgehead atoms. The maximum absolute atomic E-state index is 13.7. The zero-order valence-corrected chi connectivity index (χ0v) is 11.3. The van der Waals surface area contributed by atoms with Gasteiger partial charge in [-0.1, -0.05) is 24.3 Å². The Bertz CT molecular complexity index is 661. The number of halogens is 2. The van der Waals surface area contributed by atoms with E-state index in [9.17, 15) is 8.78 Å². The molecule has 1 heterocycles. The molecule has 1 aliphatic rings. The van der Waals surface area contributed by atoms with Gasteiger partial charge in [0, 0.05) is 11.6 Å². The molecule has 5 heteroatoms. The van der Waals surface area contributed by atoms with E-state index in [0.717, 1.165) is 11.6 Å². The molecule has 2 N–H and O–H groups in total. The molecule has 0 saturated carbocycles. The Kier molecular flexibility index (Phi) is 3.75. The monoisotopic (exact) mass is 291 g/mol. The Morgan fingerprint density at radius 3 is 2.67 bits per heavy atom. The second-order valence-electron chi connectivity index (χ2n) is 4.89. The summed E-state index contributed by atoms with van der Waals surface area (Å²) >= 11 is 0. The molecule has 110 valence electrons. The summed E-state index contributed by atoms with van der Waals surface area (Å²) in [5.74, 6) is -0.494. The summed E-state index contributed by atoms with van der Waals surface area (Å²) in [7, 11) is 0. The fourth-order valence-corrected chi connectivity index (χ4v) is 2.44. The zero-order chi connectivity index (χ0) is 14.8. The minimum absolute atomic E-state index is 0.184. The SMILES string of the molecule is NC(Cc1cccc(F)c1F)c1cccc2c1OCCO2. The van der Waals surface area contributed by atoms with Crippen LogP contribution in [0.25, 0.3) is 0 Å². The second-order valence-corrected chi connectivity index (χ2v) is 4.89. The van der Waals surface area contributed by atoms with Crippen molar-refractivity contribution in [3.8, 4) is 11.5 Å². The first-order valence-electron chi connectivity index (χ1n) is 6.74. The third kappa shape index (κ3) is 2.69. The van der Waals surface area contributed by atoms with Gasteiger partial charge in [-0.25, -0.2) is 8.78 Å². The number of benzene rings is 2. The lowest BCUT2D eigenvalue weighted by Crippen LogP contribution is -2.20. The van der Waals surface area contributed by atoms with E-state index in [0.29, 0.717) is 24.7 Å². The van der Waals surface area contributed by atoms with Crippen molar-refractivity contribution in [2.24, 2.45) is 5.73 Å². The molecule has 0 fully saturated rings. The third-order valence-electron chi connectivity index (χ3n) is 3.47. The minimum Gasteiger partial charge on any atom is -0.486 e. The molecule has 1 unspecified atom stereocenters.